The molecule has 0 radical (unpaired) electrons. The Kier molecular flexibility index (Phi) is 5.16. The number of benzene rings is 1. The summed E-state index contributed by atoms with van der Waals surface area (Å²) in [6.45, 7) is 4.54. The van der Waals surface area contributed by atoms with Crippen molar-refractivity contribution < 1.29 is 5.11 Å². The average Bonchev–Trinajstić information content (AvgIpc) is 3.05. The van der Waals surface area contributed by atoms with Crippen LogP contribution in [0, 0.1) is 0 Å². The first-order chi connectivity index (χ1) is 10.8. The molecule has 1 aromatic heterocycles. The molecule has 0 spiro atoms. The highest BCUT2D eigenvalue weighted by atomic mass is 32.1. The van der Waals surface area contributed by atoms with Crippen molar-refractivity contribution in [3.05, 3.63) is 51.7 Å². The number of hydrogen-bond acceptors (Lipinski definition) is 3. The molecule has 1 heterocycles. The number of nitrogens with zero attached hydrogens (tertiary/aromatic N) is 1. The molecule has 2 aromatic rings. The van der Waals surface area contributed by atoms with Crippen molar-refractivity contribution in [2.24, 2.45) is 0 Å². The summed E-state index contributed by atoms with van der Waals surface area (Å²) in [5, 5.41) is 14.1. The Bertz CT molecular complexity index is 593. The van der Waals surface area contributed by atoms with E-state index >= 15 is 0 Å². The van der Waals surface area contributed by atoms with Crippen LogP contribution >= 0.6 is 11.3 Å². The van der Waals surface area contributed by atoms with Gasteiger partial charge in [-0.25, -0.2) is 0 Å². The fraction of sp³-hybridized carbons (Fsp3) is 0.474. The predicted molar refractivity (Wildman–Crippen MR) is 91.6 cm³/mol. The van der Waals surface area contributed by atoms with E-state index in [0.29, 0.717) is 6.04 Å². The molecule has 1 atom stereocenters. The van der Waals surface area contributed by atoms with Crippen molar-refractivity contribution in [2.75, 3.05) is 13.1 Å². The van der Waals surface area contributed by atoms with E-state index in [1.54, 1.807) is 6.07 Å². The van der Waals surface area contributed by atoms with Crippen molar-refractivity contribution in [3.8, 4) is 5.75 Å². The van der Waals surface area contributed by atoms with Gasteiger partial charge >= 0.3 is 0 Å². The molecule has 2 nitrogen and oxygen atoms in total. The molecule has 1 aliphatic carbocycles. The van der Waals surface area contributed by atoms with Crippen LogP contribution in [0.15, 0.2) is 35.7 Å². The van der Waals surface area contributed by atoms with Gasteiger partial charge in [-0.2, -0.15) is 0 Å². The molecule has 118 valence electrons. The maximum Gasteiger partial charge on any atom is 0.0139 e. The first kappa shape index (κ1) is 15.6. The Hall–Kier alpha value is -1.32. The molecule has 1 aliphatic rings. The second kappa shape index (κ2) is 7.30. The van der Waals surface area contributed by atoms with E-state index in [-0.39, 0.29) is 5.75 Å². The summed E-state index contributed by atoms with van der Waals surface area (Å²) in [7, 11) is 0. The van der Waals surface area contributed by atoms with Gasteiger partial charge in [-0.3, -0.25) is 4.90 Å². The molecule has 0 unspecified atom stereocenters. The number of fused-ring (bicyclic) bond motifs is 1. The topological polar surface area (TPSA) is 26.3 Å². The van der Waals surface area contributed by atoms with Crippen LogP contribution in [0.3, 0.4) is 0 Å². The lowest BCUT2D eigenvalue weighted by molar-refractivity contribution is -0.269. The number of rotatable bonds is 6. The molecule has 0 amide bonds. The van der Waals surface area contributed by atoms with Crippen LogP contribution in [0.5, 0.6) is 5.75 Å². The lowest BCUT2D eigenvalue weighted by atomic mass is 9.86. The molecule has 0 fully saturated rings. The summed E-state index contributed by atoms with van der Waals surface area (Å²) in [5.41, 5.74) is 2.34. The minimum absolute atomic E-state index is 0.233. The van der Waals surface area contributed by atoms with Crippen molar-refractivity contribution in [1.82, 2.24) is 4.90 Å². The van der Waals surface area contributed by atoms with Crippen molar-refractivity contribution >= 4 is 11.3 Å². The Morgan fingerprint density at radius 1 is 1.23 bits per heavy atom. The summed E-state index contributed by atoms with van der Waals surface area (Å²) < 4.78 is 0. The largest absolute Gasteiger partial charge is 0.872 e. The fourth-order valence-electron chi connectivity index (χ4n) is 3.54. The highest BCUT2D eigenvalue weighted by Gasteiger charge is 2.23. The summed E-state index contributed by atoms with van der Waals surface area (Å²) >= 11 is 1.85. The first-order valence-corrected chi connectivity index (χ1v) is 9.20. The average molecular weight is 314 g/mol. The minimum atomic E-state index is 0.233. The monoisotopic (exact) mass is 314 g/mol. The zero-order chi connectivity index (χ0) is 15.4. The van der Waals surface area contributed by atoms with E-state index < -0.39 is 0 Å². The third kappa shape index (κ3) is 3.53. The predicted octanol–water partition coefficient (Wildman–Crippen LogP) is 3.63. The molecule has 1 aromatic carbocycles. The Morgan fingerprint density at radius 2 is 2.14 bits per heavy atom. The summed E-state index contributed by atoms with van der Waals surface area (Å²) in [6, 6.07) is 10.7. The highest BCUT2D eigenvalue weighted by Crippen LogP contribution is 2.29. The van der Waals surface area contributed by atoms with E-state index in [9.17, 15) is 5.11 Å². The molecule has 3 heteroatoms. The third-order valence-corrected chi connectivity index (χ3v) is 5.60. The van der Waals surface area contributed by atoms with Gasteiger partial charge in [0, 0.05) is 17.5 Å². The molecule has 0 saturated heterocycles. The quantitative estimate of drug-likeness (QED) is 0.814. The first-order valence-electron chi connectivity index (χ1n) is 8.32. The highest BCUT2D eigenvalue weighted by molar-refractivity contribution is 7.09. The molecule has 0 saturated carbocycles. The summed E-state index contributed by atoms with van der Waals surface area (Å²) in [4.78, 5) is 4.11. The summed E-state index contributed by atoms with van der Waals surface area (Å²) in [6.07, 6.45) is 5.43. The van der Waals surface area contributed by atoms with Gasteiger partial charge in [-0.05, 0) is 55.7 Å². The van der Waals surface area contributed by atoms with E-state index in [0.717, 1.165) is 44.3 Å². The SMILES string of the molecule is CCCN(CCc1cccs1)[C@H]1CCc2c([O-])cccc2C1. The Morgan fingerprint density at radius 3 is 2.91 bits per heavy atom. The molecular formula is C19H24NOS-. The molecule has 0 N–H and O–H groups in total. The molecule has 3 rings (SSSR count). The van der Waals surface area contributed by atoms with Crippen LogP contribution in [0.1, 0.15) is 35.8 Å². The number of thiophene rings is 1. The zero-order valence-electron chi connectivity index (χ0n) is 13.3. The van der Waals surface area contributed by atoms with Crippen LogP contribution in [-0.2, 0) is 19.3 Å². The smallest absolute Gasteiger partial charge is 0.0139 e. The zero-order valence-corrected chi connectivity index (χ0v) is 14.1. The van der Waals surface area contributed by atoms with Crippen LogP contribution < -0.4 is 5.11 Å². The van der Waals surface area contributed by atoms with Crippen LogP contribution in [-0.4, -0.2) is 24.0 Å². The normalized spacial score (nSPS) is 17.6. The van der Waals surface area contributed by atoms with Gasteiger partial charge in [0.2, 0.25) is 0 Å². The van der Waals surface area contributed by atoms with Crippen molar-refractivity contribution in [2.45, 2.75) is 45.1 Å². The van der Waals surface area contributed by atoms with Crippen molar-refractivity contribution in [1.29, 1.82) is 0 Å². The third-order valence-electron chi connectivity index (χ3n) is 4.67. The summed E-state index contributed by atoms with van der Waals surface area (Å²) in [5.74, 6) is 0.233. The van der Waals surface area contributed by atoms with Crippen molar-refractivity contribution in [3.63, 3.8) is 0 Å². The van der Waals surface area contributed by atoms with E-state index in [4.69, 9.17) is 0 Å². The standard InChI is InChI=1S/C19H25NOS/c1-2-11-20(12-10-17-6-4-13-22-17)16-8-9-18-15(14-16)5-3-7-19(18)21/h3-7,13,16,21H,2,8-12,14H2,1H3/p-1/t16-/m0/s1. The van der Waals surface area contributed by atoms with Gasteiger partial charge in [0.05, 0.1) is 0 Å². The van der Waals surface area contributed by atoms with Gasteiger partial charge in [0.1, 0.15) is 0 Å². The maximum absolute atomic E-state index is 11.9. The van der Waals surface area contributed by atoms with Gasteiger partial charge in [0.25, 0.3) is 0 Å². The van der Waals surface area contributed by atoms with Crippen LogP contribution in [0.25, 0.3) is 0 Å². The molecule has 0 aliphatic heterocycles. The van der Waals surface area contributed by atoms with E-state index in [1.807, 2.05) is 17.4 Å². The molecular weight excluding hydrogens is 290 g/mol. The van der Waals surface area contributed by atoms with E-state index in [1.165, 1.54) is 16.9 Å². The lowest BCUT2D eigenvalue weighted by Gasteiger charge is -2.36. The Balaban J connectivity index is 1.67. The number of hydrogen-bond donors (Lipinski definition) is 0. The van der Waals surface area contributed by atoms with Gasteiger partial charge in [-0.15, -0.1) is 17.1 Å². The van der Waals surface area contributed by atoms with Gasteiger partial charge in [0.15, 0.2) is 0 Å². The maximum atomic E-state index is 11.9. The second-order valence-electron chi connectivity index (χ2n) is 6.16. The Labute approximate surface area is 137 Å². The van der Waals surface area contributed by atoms with Gasteiger partial charge < -0.3 is 5.11 Å². The lowest BCUT2D eigenvalue weighted by Crippen LogP contribution is -2.41. The molecule has 0 bridgehead atoms. The fourth-order valence-corrected chi connectivity index (χ4v) is 4.24. The molecule has 22 heavy (non-hydrogen) atoms. The second-order valence-corrected chi connectivity index (χ2v) is 7.19. The van der Waals surface area contributed by atoms with Gasteiger partial charge in [-0.1, -0.05) is 36.8 Å². The van der Waals surface area contributed by atoms with E-state index in [2.05, 4.69) is 35.4 Å². The van der Waals surface area contributed by atoms with Crippen LogP contribution in [0.4, 0.5) is 0 Å². The van der Waals surface area contributed by atoms with Crippen LogP contribution in [0.2, 0.25) is 0 Å². The minimum Gasteiger partial charge on any atom is -0.872 e.